The predicted molar refractivity (Wildman–Crippen MR) is 153 cm³/mol. The van der Waals surface area contributed by atoms with E-state index >= 15 is 0 Å². The van der Waals surface area contributed by atoms with Crippen molar-refractivity contribution in [3.05, 3.63) is 66.2 Å². The zero-order chi connectivity index (χ0) is 28.3. The monoisotopic (exact) mass is 550 g/mol. The summed E-state index contributed by atoms with van der Waals surface area (Å²) in [4.78, 5) is 24.7. The van der Waals surface area contributed by atoms with Crippen molar-refractivity contribution in [3.8, 4) is 16.9 Å². The summed E-state index contributed by atoms with van der Waals surface area (Å²) < 4.78 is 27.6. The van der Waals surface area contributed by atoms with E-state index in [0.717, 1.165) is 22.8 Å². The molecule has 2 aromatic rings. The smallest absolute Gasteiger partial charge is 0.338 e. The third kappa shape index (κ3) is 7.95. The van der Waals surface area contributed by atoms with Crippen molar-refractivity contribution in [1.82, 2.24) is 0 Å². The van der Waals surface area contributed by atoms with Crippen molar-refractivity contribution in [2.24, 2.45) is 11.8 Å². The quantitative estimate of drug-likeness (QED) is 0.212. The molecule has 1 saturated heterocycles. The van der Waals surface area contributed by atoms with Gasteiger partial charge in [0, 0.05) is 5.56 Å². The van der Waals surface area contributed by atoms with Crippen LogP contribution in [0, 0.1) is 11.8 Å². The molecule has 0 aromatic heterocycles. The Morgan fingerprint density at radius 3 is 1.88 bits per heavy atom. The van der Waals surface area contributed by atoms with E-state index in [1.54, 1.807) is 13.8 Å². The molecule has 1 saturated carbocycles. The Morgan fingerprint density at radius 1 is 0.800 bits per heavy atom. The van der Waals surface area contributed by atoms with Gasteiger partial charge >= 0.3 is 11.9 Å². The molecule has 40 heavy (non-hydrogen) atoms. The van der Waals surface area contributed by atoms with E-state index in [2.05, 4.69) is 19.1 Å². The van der Waals surface area contributed by atoms with Crippen LogP contribution < -0.4 is 4.74 Å². The summed E-state index contributed by atoms with van der Waals surface area (Å²) in [7, 11) is 0. The Bertz CT molecular complexity index is 1070. The highest BCUT2D eigenvalue weighted by molar-refractivity contribution is 5.86. The first kappa shape index (κ1) is 29.8. The Kier molecular flexibility index (Phi) is 11.2. The molecule has 7 heteroatoms. The molecule has 1 aliphatic heterocycles. The van der Waals surface area contributed by atoms with Crippen LogP contribution in [0.4, 0.5) is 0 Å². The molecule has 4 rings (SSSR count). The second kappa shape index (κ2) is 15.0. The number of ether oxygens (including phenoxy) is 5. The number of benzene rings is 2. The van der Waals surface area contributed by atoms with Crippen molar-refractivity contribution in [3.63, 3.8) is 0 Å². The first-order chi connectivity index (χ1) is 19.5. The molecule has 0 amide bonds. The lowest BCUT2D eigenvalue weighted by Crippen LogP contribution is -2.39. The molecule has 0 N–H and O–H groups in total. The summed E-state index contributed by atoms with van der Waals surface area (Å²) in [5, 5.41) is 0. The molecule has 2 atom stereocenters. The summed E-state index contributed by atoms with van der Waals surface area (Å²) in [6, 6.07) is 15.6. The van der Waals surface area contributed by atoms with Gasteiger partial charge in [-0.1, -0.05) is 68.3 Å². The van der Waals surface area contributed by atoms with Gasteiger partial charge in [-0.2, -0.15) is 0 Å². The van der Waals surface area contributed by atoms with Gasteiger partial charge in [-0.3, -0.25) is 0 Å². The summed E-state index contributed by atoms with van der Waals surface area (Å²) in [6.45, 7) is 6.59. The fourth-order valence-corrected chi connectivity index (χ4v) is 5.45. The first-order valence-electron chi connectivity index (χ1n) is 14.7. The van der Waals surface area contributed by atoms with E-state index < -0.39 is 30.4 Å². The third-order valence-corrected chi connectivity index (χ3v) is 7.57. The molecular weight excluding hydrogens is 508 g/mol. The van der Waals surface area contributed by atoms with E-state index in [1.165, 1.54) is 38.5 Å². The van der Waals surface area contributed by atoms with Gasteiger partial charge in [-0.05, 0) is 74.6 Å². The summed E-state index contributed by atoms with van der Waals surface area (Å²) in [5.74, 6) is 1.16. The number of allylic oxidation sites excluding steroid dienone is 1. The Hall–Kier alpha value is -3.16. The molecule has 216 valence electrons. The van der Waals surface area contributed by atoms with Crippen molar-refractivity contribution in [2.45, 2.75) is 77.8 Å². The van der Waals surface area contributed by atoms with Crippen LogP contribution >= 0.6 is 0 Å². The third-order valence-electron chi connectivity index (χ3n) is 7.57. The van der Waals surface area contributed by atoms with Crippen LogP contribution in [-0.4, -0.2) is 44.0 Å². The maximum Gasteiger partial charge on any atom is 0.338 e. The van der Waals surface area contributed by atoms with E-state index in [1.807, 2.05) is 48.5 Å². The number of carbonyl (C=O) groups is 2. The standard InChI is InChI=1S/C33H42O7/c1-4-8-23-10-12-24(13-11-23)9-7-22-38-28-20-18-26(19-21-28)25-14-16-27(17-15-25)33-39-29(31(34)36-5-2)30(40-33)32(35)37-6-3/h7,9,14-21,23-24,29-30,33H,4-6,8,10-13,22H2,1-3H3/b9-7+. The molecule has 1 aliphatic carbocycles. The summed E-state index contributed by atoms with van der Waals surface area (Å²) in [6.07, 6.45) is 9.24. The van der Waals surface area contributed by atoms with Crippen LogP contribution in [0.1, 0.15) is 71.1 Å². The van der Waals surface area contributed by atoms with E-state index in [4.69, 9.17) is 23.7 Å². The Balaban J connectivity index is 1.29. The van der Waals surface area contributed by atoms with Gasteiger partial charge < -0.3 is 23.7 Å². The minimum absolute atomic E-state index is 0.175. The van der Waals surface area contributed by atoms with Gasteiger partial charge in [-0.15, -0.1) is 0 Å². The second-order valence-electron chi connectivity index (χ2n) is 10.4. The van der Waals surface area contributed by atoms with Crippen molar-refractivity contribution in [2.75, 3.05) is 19.8 Å². The highest BCUT2D eigenvalue weighted by atomic mass is 16.8. The van der Waals surface area contributed by atoms with Crippen LogP contribution in [0.25, 0.3) is 11.1 Å². The van der Waals surface area contributed by atoms with Gasteiger partial charge in [0.2, 0.25) is 0 Å². The van der Waals surface area contributed by atoms with Crippen LogP contribution in [0.15, 0.2) is 60.7 Å². The largest absolute Gasteiger partial charge is 0.490 e. The number of carbonyl (C=O) groups excluding carboxylic acids is 2. The van der Waals surface area contributed by atoms with Crippen molar-refractivity contribution in [1.29, 1.82) is 0 Å². The summed E-state index contributed by atoms with van der Waals surface area (Å²) >= 11 is 0. The molecule has 1 heterocycles. The lowest BCUT2D eigenvalue weighted by molar-refractivity contribution is -0.163. The van der Waals surface area contributed by atoms with Gasteiger partial charge in [0.05, 0.1) is 13.2 Å². The van der Waals surface area contributed by atoms with Crippen LogP contribution in [0.3, 0.4) is 0 Å². The maximum atomic E-state index is 12.3. The normalized spacial score (nSPS) is 24.6. The highest BCUT2D eigenvalue weighted by Gasteiger charge is 2.47. The average molecular weight is 551 g/mol. The number of hydrogen-bond donors (Lipinski definition) is 0. The fourth-order valence-electron chi connectivity index (χ4n) is 5.45. The minimum Gasteiger partial charge on any atom is -0.490 e. The SMILES string of the molecule is CCCC1CCC(/C=C/COc2ccc(-c3ccc(C4OC(C(=O)OCC)C(C(=O)OCC)O4)cc3)cc2)CC1. The molecule has 7 nitrogen and oxygen atoms in total. The zero-order valence-corrected chi connectivity index (χ0v) is 23.9. The second-order valence-corrected chi connectivity index (χ2v) is 10.4. The van der Waals surface area contributed by atoms with Crippen LogP contribution in [-0.2, 0) is 28.5 Å². The molecule has 2 aromatic carbocycles. The lowest BCUT2D eigenvalue weighted by atomic mass is 9.80. The number of esters is 2. The van der Waals surface area contributed by atoms with Gasteiger partial charge in [0.25, 0.3) is 0 Å². The van der Waals surface area contributed by atoms with Gasteiger partial charge in [0.1, 0.15) is 12.4 Å². The Morgan fingerprint density at radius 2 is 1.35 bits per heavy atom. The number of rotatable bonds is 12. The topological polar surface area (TPSA) is 80.3 Å². The molecule has 2 aliphatic rings. The number of hydrogen-bond acceptors (Lipinski definition) is 7. The van der Waals surface area contributed by atoms with Crippen LogP contribution in [0.2, 0.25) is 0 Å². The average Bonchev–Trinajstić information content (AvgIpc) is 3.43. The molecule has 2 unspecified atom stereocenters. The minimum atomic E-state index is -1.17. The first-order valence-corrected chi connectivity index (χ1v) is 14.7. The molecule has 0 spiro atoms. The lowest BCUT2D eigenvalue weighted by Gasteiger charge is -2.26. The highest BCUT2D eigenvalue weighted by Crippen LogP contribution is 2.34. The van der Waals surface area contributed by atoms with E-state index in [0.29, 0.717) is 18.1 Å². The predicted octanol–water partition coefficient (Wildman–Crippen LogP) is 6.80. The molecular formula is C33H42O7. The molecule has 0 radical (unpaired) electrons. The van der Waals surface area contributed by atoms with Crippen molar-refractivity contribution >= 4 is 11.9 Å². The fraction of sp³-hybridized carbons (Fsp3) is 0.515. The Labute approximate surface area is 237 Å². The van der Waals surface area contributed by atoms with Crippen molar-refractivity contribution < 1.29 is 33.3 Å². The van der Waals surface area contributed by atoms with Gasteiger partial charge in [-0.25, -0.2) is 9.59 Å². The van der Waals surface area contributed by atoms with Crippen LogP contribution in [0.5, 0.6) is 5.75 Å². The van der Waals surface area contributed by atoms with E-state index in [9.17, 15) is 9.59 Å². The zero-order valence-electron chi connectivity index (χ0n) is 23.9. The summed E-state index contributed by atoms with van der Waals surface area (Å²) in [5.41, 5.74) is 2.74. The van der Waals surface area contributed by atoms with E-state index in [-0.39, 0.29) is 13.2 Å². The van der Waals surface area contributed by atoms with Gasteiger partial charge in [0.15, 0.2) is 18.5 Å². The molecule has 2 fully saturated rings. The molecule has 0 bridgehead atoms. The maximum absolute atomic E-state index is 12.3.